The van der Waals surface area contributed by atoms with E-state index in [1.54, 1.807) is 85.3 Å². The lowest BCUT2D eigenvalue weighted by atomic mass is 10.1. The Morgan fingerprint density at radius 3 is 0.709 bits per heavy atom. The Morgan fingerprint density at radius 2 is 0.527 bits per heavy atom. The van der Waals surface area contributed by atoms with Crippen molar-refractivity contribution < 1.29 is 56.8 Å². The Morgan fingerprint density at radius 1 is 0.309 bits per heavy atom. The molecule has 0 fully saturated rings. The molecule has 0 amide bonds. The Kier molecular flexibility index (Phi) is 13.0. The quantitative estimate of drug-likeness (QED) is 0.125. The van der Waals surface area contributed by atoms with Crippen LogP contribution in [0, 0.1) is 26.7 Å². The molecule has 302 valence electrons. The molecule has 0 aromatic heterocycles. The van der Waals surface area contributed by atoms with E-state index in [9.17, 15) is 0 Å². The van der Waals surface area contributed by atoms with E-state index < -0.39 is 8.07 Å². The van der Waals surface area contributed by atoms with Gasteiger partial charge in [0.15, 0.2) is 42.6 Å². The molecule has 1 atom stereocenters. The van der Waals surface area contributed by atoms with E-state index in [0.29, 0.717) is 69.0 Å². The smallest absolute Gasteiger partial charge is 0.207 e. The zero-order chi connectivity index (χ0) is 41.3. The normalized spacial score (nSPS) is 14.1. The molecule has 0 saturated carbocycles. The van der Waals surface area contributed by atoms with Crippen molar-refractivity contribution in [2.75, 3.05) is 85.3 Å². The van der Waals surface area contributed by atoms with Gasteiger partial charge in [0.05, 0.1) is 85.3 Å². The molecule has 0 saturated heterocycles. The van der Waals surface area contributed by atoms with Crippen LogP contribution in [0.4, 0.5) is 0 Å². The zero-order valence-electron chi connectivity index (χ0n) is 36.0. The summed E-state index contributed by atoms with van der Waals surface area (Å²) < 4.78 is 75.0. The maximum Gasteiger partial charge on any atom is 0.207 e. The molecule has 1 aliphatic rings. The Bertz CT molecular complexity index is 1840. The maximum absolute atomic E-state index is 6.55. The first-order valence-electron chi connectivity index (χ1n) is 17.8. The predicted octanol–water partition coefficient (Wildman–Crippen LogP) is 6.03. The molecule has 0 heterocycles. The third kappa shape index (κ3) is 5.93. The van der Waals surface area contributed by atoms with E-state index in [2.05, 4.69) is 27.7 Å². The van der Waals surface area contributed by atoms with E-state index in [4.69, 9.17) is 56.8 Å². The van der Waals surface area contributed by atoms with Gasteiger partial charge >= 0.3 is 0 Å². The second kappa shape index (κ2) is 16.8. The first-order valence-corrected chi connectivity index (χ1v) is 19.8. The molecule has 1 aliphatic carbocycles. The van der Waals surface area contributed by atoms with Crippen LogP contribution < -0.4 is 72.4 Å². The topological polar surface area (TPSA) is 111 Å². The van der Waals surface area contributed by atoms with Gasteiger partial charge in [-0.15, -0.1) is 0 Å². The molecule has 13 heteroatoms. The Balaban J connectivity index is 2.77. The fourth-order valence-corrected chi connectivity index (χ4v) is 15.7. The molecule has 1 unspecified atom stereocenters. The van der Waals surface area contributed by atoms with Crippen molar-refractivity contribution in [3.05, 3.63) is 38.6 Å². The van der Waals surface area contributed by atoms with Crippen LogP contribution in [-0.4, -0.2) is 93.4 Å². The minimum absolute atomic E-state index is 0.110. The molecule has 0 radical (unpaired) electrons. The van der Waals surface area contributed by atoms with Gasteiger partial charge in [-0.1, -0.05) is 23.3 Å². The minimum Gasteiger partial charge on any atom is -0.493 e. The standard InChI is InChI=1S/C42H58O12Si/c1-20-21(2)23(4)39(22(20)3)55(40-24(5)27(43-8)30(46-11)33(49-14)36(40)52-17,41-25(6)28(44-9)31(47-12)34(50-15)37(41)53-18)42-26(7)29(45-10)32(48-13)35(51-16)38(42)54-19/h22H,1-19H3. The van der Waals surface area contributed by atoms with E-state index in [1.807, 2.05) is 20.8 Å². The van der Waals surface area contributed by atoms with E-state index >= 15 is 0 Å². The highest BCUT2D eigenvalue weighted by Crippen LogP contribution is 2.55. The van der Waals surface area contributed by atoms with Crippen LogP contribution >= 0.6 is 0 Å². The first-order chi connectivity index (χ1) is 26.2. The van der Waals surface area contributed by atoms with Crippen LogP contribution in [0.25, 0.3) is 0 Å². The molecule has 0 aliphatic heterocycles. The lowest BCUT2D eigenvalue weighted by molar-refractivity contribution is 0.305. The highest BCUT2D eigenvalue weighted by molar-refractivity contribution is 7.18. The van der Waals surface area contributed by atoms with Crippen LogP contribution in [0.2, 0.25) is 0 Å². The molecule has 0 N–H and O–H groups in total. The molecule has 4 rings (SSSR count). The number of allylic oxidation sites excluding steroid dienone is 4. The second-order valence-corrected chi connectivity index (χ2v) is 16.8. The fraction of sp³-hybridized carbons (Fsp3) is 0.476. The largest absolute Gasteiger partial charge is 0.493 e. The predicted molar refractivity (Wildman–Crippen MR) is 217 cm³/mol. The zero-order valence-corrected chi connectivity index (χ0v) is 37.0. The summed E-state index contributed by atoms with van der Waals surface area (Å²) in [7, 11) is 15.1. The summed E-state index contributed by atoms with van der Waals surface area (Å²) in [5.74, 6) is 4.76. The SMILES string of the molecule is COc1c(C)c([Si](C2=C(C)C(C)=C(C)C2C)(c2c(C)c(OC)c(OC)c(OC)c2OC)c2c(C)c(OC)c(OC)c(OC)c2OC)c(OC)c(OC)c1OC. The van der Waals surface area contributed by atoms with E-state index in [0.717, 1.165) is 48.6 Å². The Labute approximate surface area is 327 Å². The number of benzene rings is 3. The maximum atomic E-state index is 6.55. The summed E-state index contributed by atoms with van der Waals surface area (Å²) in [6.07, 6.45) is 0. The number of hydrogen-bond donors (Lipinski definition) is 0. The van der Waals surface area contributed by atoms with Crippen molar-refractivity contribution in [1.82, 2.24) is 0 Å². The molecule has 3 aromatic rings. The number of methoxy groups -OCH3 is 12. The molecule has 0 bridgehead atoms. The minimum atomic E-state index is -4.11. The molecular weight excluding hydrogens is 725 g/mol. The average molecular weight is 783 g/mol. The van der Waals surface area contributed by atoms with Crippen molar-refractivity contribution in [3.63, 3.8) is 0 Å². The third-order valence-corrected chi connectivity index (χ3v) is 17.0. The van der Waals surface area contributed by atoms with Gasteiger partial charge < -0.3 is 56.8 Å². The van der Waals surface area contributed by atoms with Crippen molar-refractivity contribution in [2.45, 2.75) is 48.5 Å². The summed E-state index contributed by atoms with van der Waals surface area (Å²) in [4.78, 5) is 0. The highest BCUT2D eigenvalue weighted by atomic mass is 28.3. The van der Waals surface area contributed by atoms with Gasteiger partial charge in [0, 0.05) is 15.6 Å². The van der Waals surface area contributed by atoms with Gasteiger partial charge in [0.1, 0.15) is 0 Å². The van der Waals surface area contributed by atoms with Crippen molar-refractivity contribution in [3.8, 4) is 69.0 Å². The molecule has 0 spiro atoms. The summed E-state index contributed by atoms with van der Waals surface area (Å²) in [6.45, 7) is 14.7. The van der Waals surface area contributed by atoms with Gasteiger partial charge in [0.25, 0.3) is 0 Å². The third-order valence-electron chi connectivity index (χ3n) is 11.3. The van der Waals surface area contributed by atoms with E-state index in [-0.39, 0.29) is 5.92 Å². The number of ether oxygens (including phenoxy) is 12. The number of hydrogen-bond acceptors (Lipinski definition) is 12. The van der Waals surface area contributed by atoms with E-state index in [1.165, 1.54) is 5.57 Å². The average Bonchev–Trinajstić information content (AvgIpc) is 3.38. The van der Waals surface area contributed by atoms with Crippen LogP contribution in [0.3, 0.4) is 0 Å². The number of rotatable bonds is 16. The lowest BCUT2D eigenvalue weighted by Gasteiger charge is -2.44. The van der Waals surface area contributed by atoms with Crippen LogP contribution in [0.15, 0.2) is 21.9 Å². The first kappa shape index (κ1) is 42.7. The van der Waals surface area contributed by atoms with Crippen LogP contribution in [0.5, 0.6) is 69.0 Å². The molecule has 55 heavy (non-hydrogen) atoms. The summed E-state index contributed by atoms with van der Waals surface area (Å²) in [6, 6.07) is 0. The van der Waals surface area contributed by atoms with Gasteiger partial charge in [-0.05, 0) is 69.7 Å². The monoisotopic (exact) mass is 782 g/mol. The fourth-order valence-electron chi connectivity index (χ4n) is 8.86. The Hall–Kier alpha value is -5.04. The van der Waals surface area contributed by atoms with Gasteiger partial charge in [-0.3, -0.25) is 0 Å². The van der Waals surface area contributed by atoms with Gasteiger partial charge in [0.2, 0.25) is 34.5 Å². The molecule has 3 aromatic carbocycles. The van der Waals surface area contributed by atoms with Crippen LogP contribution in [-0.2, 0) is 0 Å². The van der Waals surface area contributed by atoms with Gasteiger partial charge in [-0.25, -0.2) is 0 Å². The molecular formula is C42H58O12Si. The van der Waals surface area contributed by atoms with Crippen molar-refractivity contribution in [1.29, 1.82) is 0 Å². The summed E-state index contributed by atoms with van der Waals surface area (Å²) in [5, 5.41) is 3.45. The molecule has 12 nitrogen and oxygen atoms in total. The lowest BCUT2D eigenvalue weighted by Crippen LogP contribution is -2.72. The van der Waals surface area contributed by atoms with Crippen molar-refractivity contribution >= 4 is 23.6 Å². The summed E-state index contributed by atoms with van der Waals surface area (Å²) in [5.41, 5.74) is 5.69. The van der Waals surface area contributed by atoms with Crippen LogP contribution in [0.1, 0.15) is 44.4 Å². The summed E-state index contributed by atoms with van der Waals surface area (Å²) >= 11 is 0. The second-order valence-electron chi connectivity index (χ2n) is 13.2. The van der Waals surface area contributed by atoms with Gasteiger partial charge in [-0.2, -0.15) is 0 Å². The van der Waals surface area contributed by atoms with Crippen molar-refractivity contribution in [2.24, 2.45) is 5.92 Å². The highest BCUT2D eigenvalue weighted by Gasteiger charge is 2.58.